The molecular formula is C10H10N4O2. The zero-order valence-electron chi connectivity index (χ0n) is 8.38. The molecule has 0 aliphatic carbocycles. The number of amides is 1. The van der Waals surface area contributed by atoms with E-state index < -0.39 is 5.91 Å². The molecule has 0 fully saturated rings. The fourth-order valence-corrected chi connectivity index (χ4v) is 1.24. The Kier molecular flexibility index (Phi) is 2.65. The molecule has 0 aliphatic heterocycles. The minimum atomic E-state index is -0.470. The molecule has 0 unspecified atom stereocenters. The van der Waals surface area contributed by atoms with E-state index >= 15 is 0 Å². The highest BCUT2D eigenvalue weighted by Gasteiger charge is 2.07. The number of hydrogen-bond donors (Lipinski definition) is 2. The number of rotatable bonds is 3. The molecule has 4 N–H and O–H groups in total. The van der Waals surface area contributed by atoms with Gasteiger partial charge in [0.25, 0.3) is 0 Å². The lowest BCUT2D eigenvalue weighted by atomic mass is 10.1. The molecule has 6 nitrogen and oxygen atoms in total. The molecule has 82 valence electrons. The van der Waals surface area contributed by atoms with Crippen molar-refractivity contribution in [1.29, 1.82) is 0 Å². The molecule has 0 spiro atoms. The fraction of sp³-hybridized carbons (Fsp3) is 0.100. The Balaban J connectivity index is 2.30. The van der Waals surface area contributed by atoms with Gasteiger partial charge in [0.2, 0.25) is 17.6 Å². The second-order valence-electron chi connectivity index (χ2n) is 3.16. The Labute approximate surface area is 91.2 Å². The van der Waals surface area contributed by atoms with Crippen LogP contribution in [0.1, 0.15) is 16.2 Å². The van der Waals surface area contributed by atoms with Gasteiger partial charge in [0, 0.05) is 11.1 Å². The summed E-state index contributed by atoms with van der Waals surface area (Å²) in [6.07, 6.45) is 0. The number of carbonyl (C=O) groups excluding carboxylic acids is 1. The Morgan fingerprint density at radius 3 is 2.50 bits per heavy atom. The summed E-state index contributed by atoms with van der Waals surface area (Å²) in [5.41, 5.74) is 11.7. The first-order valence-electron chi connectivity index (χ1n) is 4.63. The SMILES string of the molecule is NCc1nc(-c2ccc(C(N)=O)cc2)no1. The quantitative estimate of drug-likeness (QED) is 0.769. The molecule has 1 heterocycles. The summed E-state index contributed by atoms with van der Waals surface area (Å²) < 4.78 is 4.87. The van der Waals surface area contributed by atoms with Crippen LogP contribution in [0, 0.1) is 0 Å². The van der Waals surface area contributed by atoms with Gasteiger partial charge in [-0.25, -0.2) is 0 Å². The Morgan fingerprint density at radius 2 is 2.00 bits per heavy atom. The first-order valence-corrected chi connectivity index (χ1v) is 4.63. The van der Waals surface area contributed by atoms with Gasteiger partial charge in [0.15, 0.2) is 0 Å². The highest BCUT2D eigenvalue weighted by atomic mass is 16.5. The first kappa shape index (κ1) is 10.3. The molecule has 16 heavy (non-hydrogen) atoms. The molecule has 2 rings (SSSR count). The van der Waals surface area contributed by atoms with Crippen molar-refractivity contribution in [1.82, 2.24) is 10.1 Å². The maximum Gasteiger partial charge on any atom is 0.248 e. The molecular weight excluding hydrogens is 208 g/mol. The van der Waals surface area contributed by atoms with Crippen molar-refractivity contribution < 1.29 is 9.32 Å². The van der Waals surface area contributed by atoms with Crippen LogP contribution in [0.5, 0.6) is 0 Å². The summed E-state index contributed by atoms with van der Waals surface area (Å²) in [5, 5.41) is 3.75. The van der Waals surface area contributed by atoms with Crippen LogP contribution in [-0.4, -0.2) is 16.0 Å². The van der Waals surface area contributed by atoms with Gasteiger partial charge >= 0.3 is 0 Å². The maximum absolute atomic E-state index is 10.9. The number of carbonyl (C=O) groups is 1. The molecule has 0 atom stereocenters. The fourth-order valence-electron chi connectivity index (χ4n) is 1.24. The zero-order chi connectivity index (χ0) is 11.5. The van der Waals surface area contributed by atoms with Crippen molar-refractivity contribution in [2.75, 3.05) is 0 Å². The van der Waals surface area contributed by atoms with Crippen molar-refractivity contribution in [2.24, 2.45) is 11.5 Å². The molecule has 0 radical (unpaired) electrons. The molecule has 2 aromatic rings. The smallest absolute Gasteiger partial charge is 0.248 e. The summed E-state index contributed by atoms with van der Waals surface area (Å²) in [6.45, 7) is 0.201. The summed E-state index contributed by atoms with van der Waals surface area (Å²) in [7, 11) is 0. The van der Waals surface area contributed by atoms with Gasteiger partial charge in [-0.2, -0.15) is 4.98 Å². The Bertz CT molecular complexity index is 504. The van der Waals surface area contributed by atoms with E-state index in [2.05, 4.69) is 10.1 Å². The highest BCUT2D eigenvalue weighted by molar-refractivity contribution is 5.93. The van der Waals surface area contributed by atoms with Gasteiger partial charge in [-0.3, -0.25) is 4.79 Å². The third-order valence-corrected chi connectivity index (χ3v) is 2.07. The summed E-state index contributed by atoms with van der Waals surface area (Å²) >= 11 is 0. The van der Waals surface area contributed by atoms with Gasteiger partial charge in [0.05, 0.1) is 6.54 Å². The number of aromatic nitrogens is 2. The average molecular weight is 218 g/mol. The van der Waals surface area contributed by atoms with E-state index in [1.54, 1.807) is 24.3 Å². The van der Waals surface area contributed by atoms with Crippen molar-refractivity contribution in [3.63, 3.8) is 0 Å². The van der Waals surface area contributed by atoms with Crippen molar-refractivity contribution in [2.45, 2.75) is 6.54 Å². The van der Waals surface area contributed by atoms with Crippen molar-refractivity contribution in [3.8, 4) is 11.4 Å². The normalized spacial score (nSPS) is 10.3. The number of nitrogens with zero attached hydrogens (tertiary/aromatic N) is 2. The summed E-state index contributed by atoms with van der Waals surface area (Å²) in [4.78, 5) is 14.9. The van der Waals surface area contributed by atoms with Gasteiger partial charge in [-0.1, -0.05) is 17.3 Å². The molecule has 1 aromatic heterocycles. The van der Waals surface area contributed by atoms with E-state index in [1.165, 1.54) is 0 Å². The van der Waals surface area contributed by atoms with Crippen molar-refractivity contribution >= 4 is 5.91 Å². The van der Waals surface area contributed by atoms with Crippen LogP contribution < -0.4 is 11.5 Å². The highest BCUT2D eigenvalue weighted by Crippen LogP contribution is 2.16. The monoisotopic (exact) mass is 218 g/mol. The minimum absolute atomic E-state index is 0.201. The maximum atomic E-state index is 10.9. The first-order chi connectivity index (χ1) is 7.70. The summed E-state index contributed by atoms with van der Waals surface area (Å²) in [6, 6.07) is 6.61. The van der Waals surface area contributed by atoms with Crippen LogP contribution in [0.15, 0.2) is 28.8 Å². The molecule has 6 heteroatoms. The second kappa shape index (κ2) is 4.11. The third-order valence-electron chi connectivity index (χ3n) is 2.07. The lowest BCUT2D eigenvalue weighted by Crippen LogP contribution is -2.10. The van der Waals surface area contributed by atoms with Crippen LogP contribution in [0.2, 0.25) is 0 Å². The molecule has 0 bridgehead atoms. The largest absolute Gasteiger partial charge is 0.366 e. The molecule has 0 saturated heterocycles. The predicted octanol–water partition coefficient (Wildman–Crippen LogP) is 0.294. The Morgan fingerprint density at radius 1 is 1.31 bits per heavy atom. The van der Waals surface area contributed by atoms with E-state index in [9.17, 15) is 4.79 Å². The van der Waals surface area contributed by atoms with E-state index in [0.29, 0.717) is 17.3 Å². The number of hydrogen-bond acceptors (Lipinski definition) is 5. The van der Waals surface area contributed by atoms with Gasteiger partial charge in [-0.05, 0) is 12.1 Å². The lowest BCUT2D eigenvalue weighted by molar-refractivity contribution is 0.100. The average Bonchev–Trinajstić information content (AvgIpc) is 2.77. The van der Waals surface area contributed by atoms with Crippen LogP contribution in [0.4, 0.5) is 0 Å². The van der Waals surface area contributed by atoms with Crippen LogP contribution in [0.3, 0.4) is 0 Å². The number of primary amides is 1. The Hall–Kier alpha value is -2.21. The number of nitrogens with two attached hydrogens (primary N) is 2. The van der Waals surface area contributed by atoms with Crippen LogP contribution in [-0.2, 0) is 6.54 Å². The van der Waals surface area contributed by atoms with E-state index in [-0.39, 0.29) is 6.54 Å². The lowest BCUT2D eigenvalue weighted by Gasteiger charge is -1.96. The molecule has 1 amide bonds. The predicted molar refractivity (Wildman–Crippen MR) is 56.1 cm³/mol. The third kappa shape index (κ3) is 1.91. The van der Waals surface area contributed by atoms with Crippen LogP contribution in [0.25, 0.3) is 11.4 Å². The molecule has 0 saturated carbocycles. The zero-order valence-corrected chi connectivity index (χ0v) is 8.38. The standard InChI is InChI=1S/C10H10N4O2/c11-5-8-13-10(14-16-8)7-3-1-6(2-4-7)9(12)15/h1-4H,5,11H2,(H2,12,15). The number of benzene rings is 1. The van der Waals surface area contributed by atoms with E-state index in [4.69, 9.17) is 16.0 Å². The molecule has 0 aliphatic rings. The van der Waals surface area contributed by atoms with Crippen LogP contribution >= 0.6 is 0 Å². The van der Waals surface area contributed by atoms with Gasteiger partial charge in [-0.15, -0.1) is 0 Å². The molecule has 1 aromatic carbocycles. The van der Waals surface area contributed by atoms with Crippen molar-refractivity contribution in [3.05, 3.63) is 35.7 Å². The van der Waals surface area contributed by atoms with Gasteiger partial charge in [0.1, 0.15) is 0 Å². The van der Waals surface area contributed by atoms with Gasteiger partial charge < -0.3 is 16.0 Å². The van der Waals surface area contributed by atoms with E-state index in [0.717, 1.165) is 5.56 Å². The minimum Gasteiger partial charge on any atom is -0.366 e. The van der Waals surface area contributed by atoms with E-state index in [1.807, 2.05) is 0 Å². The summed E-state index contributed by atoms with van der Waals surface area (Å²) in [5.74, 6) is 0.341. The topological polar surface area (TPSA) is 108 Å². The second-order valence-corrected chi connectivity index (χ2v) is 3.16.